The minimum absolute atomic E-state index is 0.126. The number of rotatable bonds is 6. The Bertz CT molecular complexity index is 441. The number of carbonyl (C=O) groups is 1. The van der Waals surface area contributed by atoms with E-state index in [0.717, 1.165) is 11.1 Å². The van der Waals surface area contributed by atoms with Gasteiger partial charge in [0.25, 0.3) is 5.91 Å². The van der Waals surface area contributed by atoms with Gasteiger partial charge >= 0.3 is 0 Å². The van der Waals surface area contributed by atoms with Crippen LogP contribution >= 0.6 is 0 Å². The average molecular weight is 249 g/mol. The van der Waals surface area contributed by atoms with Crippen molar-refractivity contribution in [3.8, 4) is 5.75 Å². The topological polar surface area (TPSA) is 58.6 Å². The fourth-order valence-electron chi connectivity index (χ4n) is 1.34. The molecule has 4 nitrogen and oxygen atoms in total. The second-order valence-electron chi connectivity index (χ2n) is 4.27. The molecule has 0 bridgehead atoms. The molecule has 1 amide bonds. The van der Waals surface area contributed by atoms with Gasteiger partial charge in [-0.15, -0.1) is 0 Å². The molecule has 4 heteroatoms. The van der Waals surface area contributed by atoms with Crippen molar-refractivity contribution in [2.75, 3.05) is 19.8 Å². The Kier molecular flexibility index (Phi) is 5.39. The molecule has 0 heterocycles. The Morgan fingerprint density at radius 3 is 2.83 bits per heavy atom. The first-order chi connectivity index (χ1) is 8.50. The smallest absolute Gasteiger partial charge is 0.251 e. The maximum atomic E-state index is 11.7. The van der Waals surface area contributed by atoms with E-state index >= 15 is 0 Å². The lowest BCUT2D eigenvalue weighted by atomic mass is 10.1. The van der Waals surface area contributed by atoms with Crippen LogP contribution in [0, 0.1) is 6.92 Å². The van der Waals surface area contributed by atoms with Gasteiger partial charge in [0.1, 0.15) is 5.75 Å². The zero-order valence-electron chi connectivity index (χ0n) is 10.8. The standard InChI is InChI=1S/C14H19NO3/c1-10(2)9-18-7-6-15-14(17)12-5-4-11(3)13(16)8-12/h4-5,8,16H,1,6-7,9H2,2-3H3,(H,15,17). The third-order valence-electron chi connectivity index (χ3n) is 2.35. The van der Waals surface area contributed by atoms with E-state index in [1.807, 2.05) is 6.92 Å². The predicted molar refractivity (Wildman–Crippen MR) is 70.8 cm³/mol. The highest BCUT2D eigenvalue weighted by molar-refractivity contribution is 5.94. The number of carbonyl (C=O) groups excluding carboxylic acids is 1. The Morgan fingerprint density at radius 1 is 1.50 bits per heavy atom. The Hall–Kier alpha value is -1.81. The molecule has 1 aromatic carbocycles. The van der Waals surface area contributed by atoms with E-state index in [2.05, 4.69) is 11.9 Å². The average Bonchev–Trinajstić information content (AvgIpc) is 2.31. The molecule has 0 saturated carbocycles. The van der Waals surface area contributed by atoms with E-state index in [9.17, 15) is 9.90 Å². The second kappa shape index (κ2) is 6.81. The fourth-order valence-corrected chi connectivity index (χ4v) is 1.34. The number of aryl methyl sites for hydroxylation is 1. The van der Waals surface area contributed by atoms with Crippen LogP contribution < -0.4 is 5.32 Å². The molecular weight excluding hydrogens is 230 g/mol. The van der Waals surface area contributed by atoms with Crippen LogP contribution in [-0.2, 0) is 4.74 Å². The zero-order chi connectivity index (χ0) is 13.5. The molecule has 0 aliphatic heterocycles. The van der Waals surface area contributed by atoms with Crippen LogP contribution in [0.25, 0.3) is 0 Å². The summed E-state index contributed by atoms with van der Waals surface area (Å²) in [5.74, 6) is -0.0922. The molecule has 2 N–H and O–H groups in total. The largest absolute Gasteiger partial charge is 0.508 e. The van der Waals surface area contributed by atoms with Crippen molar-refractivity contribution in [3.05, 3.63) is 41.5 Å². The van der Waals surface area contributed by atoms with E-state index in [4.69, 9.17) is 4.74 Å². The normalized spacial score (nSPS) is 10.1. The number of phenolic OH excluding ortho intramolecular Hbond substituents is 1. The van der Waals surface area contributed by atoms with Gasteiger partial charge < -0.3 is 15.2 Å². The van der Waals surface area contributed by atoms with Crippen molar-refractivity contribution in [1.29, 1.82) is 0 Å². The summed E-state index contributed by atoms with van der Waals surface area (Å²) >= 11 is 0. The minimum Gasteiger partial charge on any atom is -0.508 e. The molecule has 98 valence electrons. The number of aromatic hydroxyl groups is 1. The van der Waals surface area contributed by atoms with Gasteiger partial charge in [0.2, 0.25) is 0 Å². The molecule has 18 heavy (non-hydrogen) atoms. The highest BCUT2D eigenvalue weighted by Gasteiger charge is 2.06. The van der Waals surface area contributed by atoms with Crippen molar-refractivity contribution in [2.24, 2.45) is 0 Å². The second-order valence-corrected chi connectivity index (χ2v) is 4.27. The van der Waals surface area contributed by atoms with Crippen LogP contribution in [0.15, 0.2) is 30.4 Å². The lowest BCUT2D eigenvalue weighted by molar-refractivity contribution is 0.0926. The summed E-state index contributed by atoms with van der Waals surface area (Å²) in [5.41, 5.74) is 2.14. The summed E-state index contributed by atoms with van der Waals surface area (Å²) in [6.07, 6.45) is 0. The number of hydrogen-bond acceptors (Lipinski definition) is 3. The Morgan fingerprint density at radius 2 is 2.22 bits per heavy atom. The zero-order valence-corrected chi connectivity index (χ0v) is 10.8. The molecule has 0 fully saturated rings. The lowest BCUT2D eigenvalue weighted by Gasteiger charge is -2.07. The first kappa shape index (κ1) is 14.3. The van der Waals surface area contributed by atoms with Gasteiger partial charge in [0.15, 0.2) is 0 Å². The molecule has 1 aromatic rings. The molecule has 0 unspecified atom stereocenters. The summed E-state index contributed by atoms with van der Waals surface area (Å²) in [6, 6.07) is 4.85. The predicted octanol–water partition coefficient (Wildman–Crippen LogP) is 2.02. The quantitative estimate of drug-likeness (QED) is 0.599. The summed E-state index contributed by atoms with van der Waals surface area (Å²) in [6.45, 7) is 8.75. The van der Waals surface area contributed by atoms with Gasteiger partial charge in [-0.25, -0.2) is 0 Å². The Balaban J connectivity index is 2.36. The first-order valence-corrected chi connectivity index (χ1v) is 5.80. The SMILES string of the molecule is C=C(C)COCCNC(=O)c1ccc(C)c(O)c1. The molecule has 1 rings (SSSR count). The number of benzene rings is 1. The van der Waals surface area contributed by atoms with Gasteiger partial charge in [0.05, 0.1) is 13.2 Å². The first-order valence-electron chi connectivity index (χ1n) is 5.80. The lowest BCUT2D eigenvalue weighted by Crippen LogP contribution is -2.27. The molecule has 0 atom stereocenters. The van der Waals surface area contributed by atoms with Crippen molar-refractivity contribution < 1.29 is 14.6 Å². The maximum absolute atomic E-state index is 11.7. The van der Waals surface area contributed by atoms with Crippen LogP contribution in [0.2, 0.25) is 0 Å². The monoisotopic (exact) mass is 249 g/mol. The number of ether oxygens (including phenoxy) is 1. The summed E-state index contributed by atoms with van der Waals surface area (Å²) in [4.78, 5) is 11.7. The third-order valence-corrected chi connectivity index (χ3v) is 2.35. The number of amides is 1. The molecule has 0 aliphatic carbocycles. The summed E-state index contributed by atoms with van der Waals surface area (Å²) in [7, 11) is 0. The van der Waals surface area contributed by atoms with Gasteiger partial charge in [-0.3, -0.25) is 4.79 Å². The van der Waals surface area contributed by atoms with Gasteiger partial charge in [-0.2, -0.15) is 0 Å². The molecule has 0 aromatic heterocycles. The van der Waals surface area contributed by atoms with E-state index in [1.54, 1.807) is 19.1 Å². The summed E-state index contributed by atoms with van der Waals surface area (Å²) < 4.78 is 5.26. The number of nitrogens with one attached hydrogen (secondary N) is 1. The Labute approximate surface area is 107 Å². The summed E-state index contributed by atoms with van der Waals surface area (Å²) in [5, 5.41) is 12.2. The van der Waals surface area contributed by atoms with Gasteiger partial charge in [0, 0.05) is 12.1 Å². The van der Waals surface area contributed by atoms with E-state index in [0.29, 0.717) is 25.3 Å². The van der Waals surface area contributed by atoms with Gasteiger partial charge in [-0.05, 0) is 31.5 Å². The van der Waals surface area contributed by atoms with Crippen LogP contribution in [0.3, 0.4) is 0 Å². The van der Waals surface area contributed by atoms with Crippen molar-refractivity contribution >= 4 is 5.91 Å². The third kappa shape index (κ3) is 4.59. The van der Waals surface area contributed by atoms with Crippen LogP contribution in [-0.4, -0.2) is 30.8 Å². The van der Waals surface area contributed by atoms with Crippen molar-refractivity contribution in [2.45, 2.75) is 13.8 Å². The fraction of sp³-hybridized carbons (Fsp3) is 0.357. The van der Waals surface area contributed by atoms with E-state index in [1.165, 1.54) is 6.07 Å². The van der Waals surface area contributed by atoms with Crippen LogP contribution in [0.5, 0.6) is 5.75 Å². The van der Waals surface area contributed by atoms with Gasteiger partial charge in [-0.1, -0.05) is 18.2 Å². The molecule has 0 spiro atoms. The highest BCUT2D eigenvalue weighted by atomic mass is 16.5. The molecular formula is C14H19NO3. The highest BCUT2D eigenvalue weighted by Crippen LogP contribution is 2.17. The van der Waals surface area contributed by atoms with E-state index in [-0.39, 0.29) is 11.7 Å². The molecule has 0 radical (unpaired) electrons. The molecule has 0 aliphatic rings. The van der Waals surface area contributed by atoms with Crippen LogP contribution in [0.1, 0.15) is 22.8 Å². The maximum Gasteiger partial charge on any atom is 0.251 e. The van der Waals surface area contributed by atoms with Crippen molar-refractivity contribution in [3.63, 3.8) is 0 Å². The minimum atomic E-state index is -0.218. The van der Waals surface area contributed by atoms with Crippen molar-refractivity contribution in [1.82, 2.24) is 5.32 Å². The van der Waals surface area contributed by atoms with Crippen LogP contribution in [0.4, 0.5) is 0 Å². The number of hydrogen-bond donors (Lipinski definition) is 2. The van der Waals surface area contributed by atoms with E-state index < -0.39 is 0 Å². The molecule has 0 saturated heterocycles. The number of phenols is 1.